The molecule has 0 atom stereocenters. The summed E-state index contributed by atoms with van der Waals surface area (Å²) < 4.78 is 5.16. The van der Waals surface area contributed by atoms with E-state index in [-0.39, 0.29) is 18.0 Å². The molecule has 88 valence electrons. The van der Waals surface area contributed by atoms with Crippen molar-refractivity contribution in [3.8, 4) is 0 Å². The van der Waals surface area contributed by atoms with Crippen molar-refractivity contribution in [2.75, 3.05) is 0 Å². The zero-order valence-electron chi connectivity index (χ0n) is 10.5. The van der Waals surface area contributed by atoms with Gasteiger partial charge in [-0.05, 0) is 26.2 Å². The summed E-state index contributed by atoms with van der Waals surface area (Å²) in [6, 6.07) is 0. The second kappa shape index (κ2) is 6.49. The second-order valence-corrected chi connectivity index (χ2v) is 4.29. The maximum absolute atomic E-state index is 11.7. The van der Waals surface area contributed by atoms with Gasteiger partial charge in [-0.1, -0.05) is 27.2 Å². The number of hydrogen-bond donors (Lipinski definition) is 1. The van der Waals surface area contributed by atoms with Crippen LogP contribution in [0.1, 0.15) is 47.5 Å². The van der Waals surface area contributed by atoms with Crippen LogP contribution in [-0.2, 0) is 9.53 Å². The maximum atomic E-state index is 11.7. The van der Waals surface area contributed by atoms with Gasteiger partial charge in [0.15, 0.2) is 0 Å². The Kier molecular flexibility index (Phi) is 6.06. The molecule has 0 spiro atoms. The van der Waals surface area contributed by atoms with Gasteiger partial charge in [0.25, 0.3) is 0 Å². The van der Waals surface area contributed by atoms with Gasteiger partial charge in [-0.2, -0.15) is 0 Å². The average molecular weight is 213 g/mol. The SMILES string of the molecule is CCCC(C(=O)OC(C)C)=C(N)C(C)C. The van der Waals surface area contributed by atoms with E-state index in [0.29, 0.717) is 17.7 Å². The fraction of sp³-hybridized carbons (Fsp3) is 0.750. The highest BCUT2D eigenvalue weighted by molar-refractivity contribution is 5.89. The van der Waals surface area contributed by atoms with Crippen LogP contribution < -0.4 is 5.73 Å². The van der Waals surface area contributed by atoms with E-state index < -0.39 is 0 Å². The molecule has 0 fully saturated rings. The van der Waals surface area contributed by atoms with Crippen LogP contribution in [0.15, 0.2) is 11.3 Å². The first kappa shape index (κ1) is 14.0. The lowest BCUT2D eigenvalue weighted by molar-refractivity contribution is -0.142. The lowest BCUT2D eigenvalue weighted by Crippen LogP contribution is -2.20. The van der Waals surface area contributed by atoms with Gasteiger partial charge < -0.3 is 10.5 Å². The van der Waals surface area contributed by atoms with Gasteiger partial charge in [0.1, 0.15) is 0 Å². The quantitative estimate of drug-likeness (QED) is 0.564. The normalized spacial score (nSPS) is 13.0. The number of allylic oxidation sites excluding steroid dienone is 1. The van der Waals surface area contributed by atoms with Crippen molar-refractivity contribution in [1.82, 2.24) is 0 Å². The Bertz CT molecular complexity index is 242. The summed E-state index contributed by atoms with van der Waals surface area (Å²) in [5.74, 6) is -0.0793. The van der Waals surface area contributed by atoms with Crippen LogP contribution in [0.5, 0.6) is 0 Å². The molecule has 0 bridgehead atoms. The smallest absolute Gasteiger partial charge is 0.336 e. The molecule has 0 aromatic rings. The monoisotopic (exact) mass is 213 g/mol. The number of ether oxygens (including phenoxy) is 1. The number of esters is 1. The molecule has 0 rings (SSSR count). The summed E-state index contributed by atoms with van der Waals surface area (Å²) >= 11 is 0. The van der Waals surface area contributed by atoms with Crippen molar-refractivity contribution in [3.63, 3.8) is 0 Å². The molecule has 0 heterocycles. The summed E-state index contributed by atoms with van der Waals surface area (Å²) in [5, 5.41) is 0. The van der Waals surface area contributed by atoms with E-state index in [1.165, 1.54) is 0 Å². The Morgan fingerprint density at radius 3 is 2.13 bits per heavy atom. The molecule has 0 radical (unpaired) electrons. The van der Waals surface area contributed by atoms with Crippen molar-refractivity contribution < 1.29 is 9.53 Å². The van der Waals surface area contributed by atoms with E-state index in [1.807, 2.05) is 34.6 Å². The molecule has 0 aliphatic rings. The molecule has 0 amide bonds. The molecule has 15 heavy (non-hydrogen) atoms. The van der Waals surface area contributed by atoms with Crippen LogP contribution in [-0.4, -0.2) is 12.1 Å². The van der Waals surface area contributed by atoms with Gasteiger partial charge in [0.05, 0.1) is 11.7 Å². The second-order valence-electron chi connectivity index (χ2n) is 4.29. The van der Waals surface area contributed by atoms with Crippen LogP contribution in [0.2, 0.25) is 0 Å². The Morgan fingerprint density at radius 1 is 1.27 bits per heavy atom. The zero-order chi connectivity index (χ0) is 12.0. The molecule has 0 aromatic heterocycles. The predicted molar refractivity (Wildman–Crippen MR) is 62.2 cm³/mol. The highest BCUT2D eigenvalue weighted by atomic mass is 16.5. The summed E-state index contributed by atoms with van der Waals surface area (Å²) in [4.78, 5) is 11.7. The minimum atomic E-state index is -0.266. The Balaban J connectivity index is 4.80. The molecule has 0 saturated heterocycles. The number of rotatable bonds is 5. The maximum Gasteiger partial charge on any atom is 0.336 e. The standard InChI is InChI=1S/C12H23NO2/c1-6-7-10(11(13)8(2)3)12(14)15-9(4)5/h8-9H,6-7,13H2,1-5H3. The molecule has 0 aliphatic heterocycles. The van der Waals surface area contributed by atoms with Gasteiger partial charge in [-0.3, -0.25) is 0 Å². The third-order valence-corrected chi connectivity index (χ3v) is 2.06. The first-order valence-corrected chi connectivity index (χ1v) is 5.59. The number of nitrogens with two attached hydrogens (primary N) is 1. The largest absolute Gasteiger partial charge is 0.460 e. The first-order chi connectivity index (χ1) is 6.90. The minimum absolute atomic E-state index is 0.0932. The van der Waals surface area contributed by atoms with Crippen LogP contribution >= 0.6 is 0 Å². The molecule has 0 saturated carbocycles. The Morgan fingerprint density at radius 2 is 1.80 bits per heavy atom. The number of carbonyl (C=O) groups is 1. The average Bonchev–Trinajstić information content (AvgIpc) is 2.11. The van der Waals surface area contributed by atoms with Crippen LogP contribution in [0, 0.1) is 5.92 Å². The van der Waals surface area contributed by atoms with E-state index in [2.05, 4.69) is 0 Å². The fourth-order valence-corrected chi connectivity index (χ4v) is 1.25. The van der Waals surface area contributed by atoms with E-state index in [4.69, 9.17) is 10.5 Å². The highest BCUT2D eigenvalue weighted by Gasteiger charge is 2.17. The summed E-state index contributed by atoms with van der Waals surface area (Å²) in [6.45, 7) is 9.66. The predicted octanol–water partition coefficient (Wildman–Crippen LogP) is 2.61. The summed E-state index contributed by atoms with van der Waals surface area (Å²) in [5.41, 5.74) is 7.20. The first-order valence-electron chi connectivity index (χ1n) is 5.59. The lowest BCUT2D eigenvalue weighted by atomic mass is 10.0. The van der Waals surface area contributed by atoms with E-state index in [0.717, 1.165) is 6.42 Å². The van der Waals surface area contributed by atoms with Gasteiger partial charge in [-0.25, -0.2) is 4.79 Å². The van der Waals surface area contributed by atoms with Gasteiger partial charge in [-0.15, -0.1) is 0 Å². The van der Waals surface area contributed by atoms with Crippen molar-refractivity contribution in [3.05, 3.63) is 11.3 Å². The van der Waals surface area contributed by atoms with Crippen LogP contribution in [0.25, 0.3) is 0 Å². The topological polar surface area (TPSA) is 52.3 Å². The minimum Gasteiger partial charge on any atom is -0.460 e. The lowest BCUT2D eigenvalue weighted by Gasteiger charge is -2.15. The van der Waals surface area contributed by atoms with Gasteiger partial charge >= 0.3 is 5.97 Å². The Hall–Kier alpha value is -0.990. The molecule has 0 aromatic carbocycles. The van der Waals surface area contributed by atoms with E-state index in [1.54, 1.807) is 0 Å². The van der Waals surface area contributed by atoms with Crippen molar-refractivity contribution in [2.24, 2.45) is 11.7 Å². The van der Waals surface area contributed by atoms with Crippen molar-refractivity contribution >= 4 is 5.97 Å². The molecule has 2 N–H and O–H groups in total. The van der Waals surface area contributed by atoms with E-state index in [9.17, 15) is 4.79 Å². The van der Waals surface area contributed by atoms with Crippen molar-refractivity contribution in [1.29, 1.82) is 0 Å². The molecule has 0 aliphatic carbocycles. The van der Waals surface area contributed by atoms with Gasteiger partial charge in [0, 0.05) is 5.70 Å². The fourth-order valence-electron chi connectivity index (χ4n) is 1.25. The number of hydrogen-bond acceptors (Lipinski definition) is 3. The van der Waals surface area contributed by atoms with E-state index >= 15 is 0 Å². The molecule has 3 heteroatoms. The molecular weight excluding hydrogens is 190 g/mol. The molecule has 3 nitrogen and oxygen atoms in total. The Labute approximate surface area is 92.7 Å². The van der Waals surface area contributed by atoms with Crippen molar-refractivity contribution in [2.45, 2.75) is 53.6 Å². The van der Waals surface area contributed by atoms with Crippen LogP contribution in [0.3, 0.4) is 0 Å². The third kappa shape index (κ3) is 4.86. The molecule has 0 unspecified atom stereocenters. The summed E-state index contributed by atoms with van der Waals surface area (Å²) in [6.07, 6.45) is 1.50. The van der Waals surface area contributed by atoms with Crippen LogP contribution in [0.4, 0.5) is 0 Å². The zero-order valence-corrected chi connectivity index (χ0v) is 10.5. The van der Waals surface area contributed by atoms with Gasteiger partial charge in [0.2, 0.25) is 0 Å². The highest BCUT2D eigenvalue weighted by Crippen LogP contribution is 2.16. The summed E-state index contributed by atoms with van der Waals surface area (Å²) in [7, 11) is 0. The molecular formula is C12H23NO2. The number of carbonyl (C=O) groups excluding carboxylic acids is 1. The third-order valence-electron chi connectivity index (χ3n) is 2.06.